The van der Waals surface area contributed by atoms with Gasteiger partial charge < -0.3 is 0 Å². The highest BCUT2D eigenvalue weighted by molar-refractivity contribution is 4.80. The van der Waals surface area contributed by atoms with Gasteiger partial charge in [-0.2, -0.15) is 0 Å². The molecule has 0 saturated heterocycles. The van der Waals surface area contributed by atoms with Crippen LogP contribution in [-0.4, -0.2) is 0 Å². The Morgan fingerprint density at radius 1 is 0.900 bits per heavy atom. The summed E-state index contributed by atoms with van der Waals surface area (Å²) in [5.74, 6) is 0. The Bertz CT molecular complexity index is 82.7. The molecule has 0 unspecified atom stereocenters. The largest absolute Gasteiger partial charge is 0.0776 e. The summed E-state index contributed by atoms with van der Waals surface area (Å²) in [5.41, 5.74) is 0.925. The van der Waals surface area contributed by atoms with E-state index in [1.807, 2.05) is 0 Å². The van der Waals surface area contributed by atoms with E-state index in [-0.39, 0.29) is 7.43 Å². The smallest absolute Gasteiger partial charge is 0.0308 e. The molecule has 0 heteroatoms. The fraction of sp³-hybridized carbons (Fsp3) is 1.00. The summed E-state index contributed by atoms with van der Waals surface area (Å²) in [5, 5.41) is 0. The Balaban J connectivity index is 0. The van der Waals surface area contributed by atoms with E-state index >= 15 is 0 Å². The molecule has 0 bridgehead atoms. The van der Waals surface area contributed by atoms with Crippen molar-refractivity contribution < 1.29 is 0 Å². The molecule has 0 rings (SSSR count). The summed E-state index contributed by atoms with van der Waals surface area (Å²) >= 11 is 0. The van der Waals surface area contributed by atoms with Crippen LogP contribution in [0.25, 0.3) is 0 Å². The maximum Gasteiger partial charge on any atom is -0.0308 e. The van der Waals surface area contributed by atoms with Crippen molar-refractivity contribution in [2.24, 2.45) is 10.8 Å². The van der Waals surface area contributed by atoms with Gasteiger partial charge in [0.2, 0.25) is 0 Å². The molecule has 0 nitrogen and oxygen atoms in total. The van der Waals surface area contributed by atoms with Gasteiger partial charge >= 0.3 is 0 Å². The van der Waals surface area contributed by atoms with Crippen LogP contribution in [0.3, 0.4) is 0 Å². The van der Waals surface area contributed by atoms with Crippen LogP contribution in [0.15, 0.2) is 0 Å². The minimum Gasteiger partial charge on any atom is -0.0776 e. The summed E-state index contributed by atoms with van der Waals surface area (Å²) in [6.45, 7) is 13.8. The molecule has 0 heterocycles. The average molecular weight is 144 g/mol. The maximum atomic E-state index is 2.33. The van der Waals surface area contributed by atoms with Gasteiger partial charge in [0, 0.05) is 0 Å². The number of rotatable bonds is 1. The van der Waals surface area contributed by atoms with Gasteiger partial charge in [-0.3, -0.25) is 0 Å². The molecule has 0 saturated carbocycles. The first-order chi connectivity index (χ1) is 3.81. The van der Waals surface area contributed by atoms with Gasteiger partial charge in [-0.25, -0.2) is 0 Å². The molecule has 64 valence electrons. The minimum atomic E-state index is 0. The topological polar surface area (TPSA) is 0 Å². The summed E-state index contributed by atoms with van der Waals surface area (Å²) < 4.78 is 0. The van der Waals surface area contributed by atoms with Gasteiger partial charge in [0.25, 0.3) is 0 Å². The molecule has 0 amide bonds. The monoisotopic (exact) mass is 144 g/mol. The molecule has 0 N–H and O–H groups in total. The third-order valence-electron chi connectivity index (χ3n) is 2.91. The van der Waals surface area contributed by atoms with E-state index in [2.05, 4.69) is 41.5 Å². The van der Waals surface area contributed by atoms with E-state index in [1.165, 1.54) is 6.42 Å². The van der Waals surface area contributed by atoms with Crippen LogP contribution in [0.4, 0.5) is 0 Å². The molecule has 10 heavy (non-hydrogen) atoms. The molecule has 0 aromatic rings. The molecule has 0 aliphatic heterocycles. The molecule has 0 fully saturated rings. The highest BCUT2D eigenvalue weighted by atomic mass is 14.3. The molecular weight excluding hydrogens is 120 g/mol. The Morgan fingerprint density at radius 2 is 1.20 bits per heavy atom. The van der Waals surface area contributed by atoms with Crippen LogP contribution in [0.1, 0.15) is 55.4 Å². The highest BCUT2D eigenvalue weighted by Crippen LogP contribution is 2.40. The van der Waals surface area contributed by atoms with Crippen LogP contribution in [0.2, 0.25) is 0 Å². The van der Waals surface area contributed by atoms with E-state index in [4.69, 9.17) is 0 Å². The third-order valence-corrected chi connectivity index (χ3v) is 2.91. The normalized spacial score (nSPS) is 12.6. The average Bonchev–Trinajstić information content (AvgIpc) is 1.64. The van der Waals surface area contributed by atoms with E-state index in [0.717, 1.165) is 0 Å². The second-order valence-electron chi connectivity index (χ2n) is 4.49. The number of hydrogen-bond donors (Lipinski definition) is 0. The lowest BCUT2D eigenvalue weighted by molar-refractivity contribution is 0.126. The zero-order valence-electron chi connectivity index (χ0n) is 7.71. The first kappa shape index (κ1) is 12.7. The van der Waals surface area contributed by atoms with Gasteiger partial charge in [0.15, 0.2) is 0 Å². The van der Waals surface area contributed by atoms with Gasteiger partial charge in [-0.05, 0) is 10.8 Å². The number of hydrogen-bond acceptors (Lipinski definition) is 0. The molecule has 0 atom stereocenters. The highest BCUT2D eigenvalue weighted by Gasteiger charge is 2.30. The van der Waals surface area contributed by atoms with Gasteiger partial charge in [0.05, 0.1) is 0 Å². The van der Waals surface area contributed by atoms with E-state index < -0.39 is 0 Å². The van der Waals surface area contributed by atoms with Crippen molar-refractivity contribution in [3.63, 3.8) is 0 Å². The van der Waals surface area contributed by atoms with Crippen molar-refractivity contribution in [1.82, 2.24) is 0 Å². The molecule has 0 aliphatic carbocycles. The van der Waals surface area contributed by atoms with Crippen molar-refractivity contribution in [2.75, 3.05) is 0 Å². The van der Waals surface area contributed by atoms with E-state index in [1.54, 1.807) is 0 Å². The van der Waals surface area contributed by atoms with E-state index in [9.17, 15) is 0 Å². The fourth-order valence-corrected chi connectivity index (χ4v) is 0.530. The fourth-order valence-electron chi connectivity index (χ4n) is 0.530. The van der Waals surface area contributed by atoms with Crippen molar-refractivity contribution in [1.29, 1.82) is 0 Å². The first-order valence-electron chi connectivity index (χ1n) is 3.81. The molecular formula is C10H24. The van der Waals surface area contributed by atoms with Crippen LogP contribution in [0, 0.1) is 10.8 Å². The second kappa shape index (κ2) is 3.41. The van der Waals surface area contributed by atoms with E-state index in [0.29, 0.717) is 10.8 Å². The van der Waals surface area contributed by atoms with Crippen LogP contribution in [-0.2, 0) is 0 Å². The molecule has 0 spiro atoms. The van der Waals surface area contributed by atoms with Crippen molar-refractivity contribution in [3.05, 3.63) is 0 Å². The maximum absolute atomic E-state index is 2.33. The predicted molar refractivity (Wildman–Crippen MR) is 50.3 cm³/mol. The standard InChI is InChI=1S/C9H20.CH4/c1-7-9(5,6)8(2,3)4;/h7H2,1-6H3;1H4. The van der Waals surface area contributed by atoms with Gasteiger partial charge in [-0.1, -0.05) is 55.4 Å². The first-order valence-corrected chi connectivity index (χ1v) is 3.81. The lowest BCUT2D eigenvalue weighted by atomic mass is 9.68. The minimum absolute atomic E-state index is 0. The van der Waals surface area contributed by atoms with Crippen LogP contribution < -0.4 is 0 Å². The van der Waals surface area contributed by atoms with Crippen molar-refractivity contribution in [3.8, 4) is 0 Å². The SMILES string of the molecule is C.CCC(C)(C)C(C)(C)C. The predicted octanol–water partition coefficient (Wildman–Crippen LogP) is 4.10. The zero-order chi connectivity index (χ0) is 7.71. The third kappa shape index (κ3) is 2.72. The summed E-state index contributed by atoms with van der Waals surface area (Å²) in [7, 11) is 0. The lowest BCUT2D eigenvalue weighted by Gasteiger charge is -2.37. The van der Waals surface area contributed by atoms with Crippen LogP contribution in [0.5, 0.6) is 0 Å². The van der Waals surface area contributed by atoms with Crippen LogP contribution >= 0.6 is 0 Å². The second-order valence-corrected chi connectivity index (χ2v) is 4.49. The Morgan fingerprint density at radius 3 is 1.20 bits per heavy atom. The van der Waals surface area contributed by atoms with Crippen molar-refractivity contribution in [2.45, 2.75) is 55.4 Å². The molecule has 0 aliphatic rings. The lowest BCUT2D eigenvalue weighted by Crippen LogP contribution is -2.28. The Kier molecular flexibility index (Phi) is 4.31. The quantitative estimate of drug-likeness (QED) is 0.519. The summed E-state index contributed by atoms with van der Waals surface area (Å²) in [6, 6.07) is 0. The molecule has 0 radical (unpaired) electrons. The van der Waals surface area contributed by atoms with Crippen molar-refractivity contribution >= 4 is 0 Å². The van der Waals surface area contributed by atoms with Gasteiger partial charge in [0.1, 0.15) is 0 Å². The molecule has 0 aromatic heterocycles. The summed E-state index contributed by atoms with van der Waals surface area (Å²) in [6.07, 6.45) is 1.26. The molecule has 0 aromatic carbocycles. The Labute approximate surface area is 67.0 Å². The summed E-state index contributed by atoms with van der Waals surface area (Å²) in [4.78, 5) is 0. The van der Waals surface area contributed by atoms with Gasteiger partial charge in [-0.15, -0.1) is 0 Å². The Hall–Kier alpha value is 0. The zero-order valence-corrected chi connectivity index (χ0v) is 7.71.